The van der Waals surface area contributed by atoms with Gasteiger partial charge in [-0.1, -0.05) is 0 Å². The summed E-state index contributed by atoms with van der Waals surface area (Å²) in [5, 5.41) is 3.23. The zero-order valence-electron chi connectivity index (χ0n) is 9.94. The smallest absolute Gasteiger partial charge is 0.338 e. The number of carbonyl (C=O) groups is 1. The molecule has 1 saturated heterocycles. The van der Waals surface area contributed by atoms with E-state index in [2.05, 4.69) is 5.32 Å². The predicted molar refractivity (Wildman–Crippen MR) is 64.3 cm³/mol. The van der Waals surface area contributed by atoms with Crippen LogP contribution in [0.3, 0.4) is 0 Å². The van der Waals surface area contributed by atoms with Gasteiger partial charge in [0.2, 0.25) is 0 Å². The van der Waals surface area contributed by atoms with E-state index in [1.54, 1.807) is 31.4 Å². The molecule has 0 amide bonds. The van der Waals surface area contributed by atoms with Crippen LogP contribution in [0.25, 0.3) is 0 Å². The van der Waals surface area contributed by atoms with E-state index in [9.17, 15) is 4.79 Å². The maximum atomic E-state index is 11.8. The van der Waals surface area contributed by atoms with Crippen molar-refractivity contribution in [2.75, 3.05) is 20.2 Å². The van der Waals surface area contributed by atoms with Crippen LogP contribution in [-0.4, -0.2) is 32.3 Å². The third-order valence-corrected chi connectivity index (χ3v) is 2.89. The van der Waals surface area contributed by atoms with E-state index in [0.717, 1.165) is 31.7 Å². The van der Waals surface area contributed by atoms with E-state index < -0.39 is 0 Å². The van der Waals surface area contributed by atoms with Gasteiger partial charge in [-0.2, -0.15) is 0 Å². The van der Waals surface area contributed by atoms with Crippen molar-refractivity contribution in [1.29, 1.82) is 0 Å². The molecule has 0 saturated carbocycles. The first-order valence-electron chi connectivity index (χ1n) is 5.85. The molecule has 17 heavy (non-hydrogen) atoms. The predicted octanol–water partition coefficient (Wildman–Crippen LogP) is 1.60. The largest absolute Gasteiger partial charge is 0.497 e. The van der Waals surface area contributed by atoms with Crippen LogP contribution in [0, 0.1) is 0 Å². The molecule has 0 unspecified atom stereocenters. The number of piperidine rings is 1. The van der Waals surface area contributed by atoms with E-state index in [0.29, 0.717) is 5.56 Å². The van der Waals surface area contributed by atoms with Gasteiger partial charge in [0.15, 0.2) is 0 Å². The molecule has 2 rings (SSSR count). The topological polar surface area (TPSA) is 47.6 Å². The van der Waals surface area contributed by atoms with Gasteiger partial charge in [0.05, 0.1) is 12.7 Å². The minimum atomic E-state index is -0.250. The lowest BCUT2D eigenvalue weighted by Gasteiger charge is -2.22. The number of hydrogen-bond acceptors (Lipinski definition) is 4. The lowest BCUT2D eigenvalue weighted by atomic mass is 10.1. The highest BCUT2D eigenvalue weighted by Crippen LogP contribution is 2.14. The standard InChI is InChI=1S/C13H17NO3/c1-16-11-4-2-10(3-5-11)13(15)17-12-6-8-14-9-7-12/h2-5,12,14H,6-9H2,1H3. The molecule has 1 aliphatic heterocycles. The highest BCUT2D eigenvalue weighted by molar-refractivity contribution is 5.89. The number of hydrogen-bond donors (Lipinski definition) is 1. The average molecular weight is 235 g/mol. The summed E-state index contributed by atoms with van der Waals surface area (Å²) in [4.78, 5) is 11.8. The van der Waals surface area contributed by atoms with E-state index in [-0.39, 0.29) is 12.1 Å². The van der Waals surface area contributed by atoms with E-state index >= 15 is 0 Å². The fraction of sp³-hybridized carbons (Fsp3) is 0.462. The third-order valence-electron chi connectivity index (χ3n) is 2.89. The number of nitrogens with one attached hydrogen (secondary N) is 1. The summed E-state index contributed by atoms with van der Waals surface area (Å²) in [6.07, 6.45) is 1.83. The summed E-state index contributed by atoms with van der Waals surface area (Å²) >= 11 is 0. The zero-order chi connectivity index (χ0) is 12.1. The van der Waals surface area contributed by atoms with Crippen LogP contribution in [-0.2, 0) is 4.74 Å². The summed E-state index contributed by atoms with van der Waals surface area (Å²) in [7, 11) is 1.60. The van der Waals surface area contributed by atoms with Crippen molar-refractivity contribution in [2.24, 2.45) is 0 Å². The van der Waals surface area contributed by atoms with Gasteiger partial charge in [0.25, 0.3) is 0 Å². The van der Waals surface area contributed by atoms with Crippen molar-refractivity contribution >= 4 is 5.97 Å². The van der Waals surface area contributed by atoms with Crippen LogP contribution in [0.1, 0.15) is 23.2 Å². The molecule has 4 heteroatoms. The number of benzene rings is 1. The first-order valence-corrected chi connectivity index (χ1v) is 5.85. The fourth-order valence-corrected chi connectivity index (χ4v) is 1.86. The maximum Gasteiger partial charge on any atom is 0.338 e. The monoisotopic (exact) mass is 235 g/mol. The zero-order valence-corrected chi connectivity index (χ0v) is 9.94. The first-order chi connectivity index (χ1) is 8.29. The van der Waals surface area contributed by atoms with E-state index in [1.165, 1.54) is 0 Å². The van der Waals surface area contributed by atoms with Crippen molar-refractivity contribution in [1.82, 2.24) is 5.32 Å². The maximum absolute atomic E-state index is 11.8. The molecule has 0 aromatic heterocycles. The van der Waals surface area contributed by atoms with Crippen molar-refractivity contribution in [2.45, 2.75) is 18.9 Å². The van der Waals surface area contributed by atoms with Gasteiger partial charge in [-0.15, -0.1) is 0 Å². The van der Waals surface area contributed by atoms with Crippen LogP contribution < -0.4 is 10.1 Å². The number of esters is 1. The van der Waals surface area contributed by atoms with Crippen LogP contribution >= 0.6 is 0 Å². The molecule has 1 fully saturated rings. The van der Waals surface area contributed by atoms with Crippen LogP contribution in [0.4, 0.5) is 0 Å². The van der Waals surface area contributed by atoms with Crippen molar-refractivity contribution in [3.05, 3.63) is 29.8 Å². The first kappa shape index (κ1) is 11.9. The molecule has 1 N–H and O–H groups in total. The molecule has 0 spiro atoms. The fourth-order valence-electron chi connectivity index (χ4n) is 1.86. The molecule has 0 radical (unpaired) electrons. The molecular weight excluding hydrogens is 218 g/mol. The molecule has 1 aromatic carbocycles. The molecule has 0 atom stereocenters. The Bertz CT molecular complexity index is 369. The van der Waals surface area contributed by atoms with Crippen molar-refractivity contribution in [3.63, 3.8) is 0 Å². The summed E-state index contributed by atoms with van der Waals surface area (Å²) in [5.41, 5.74) is 0.573. The van der Waals surface area contributed by atoms with E-state index in [1.807, 2.05) is 0 Å². The van der Waals surface area contributed by atoms with Gasteiger partial charge in [-0.3, -0.25) is 0 Å². The second-order valence-electron chi connectivity index (χ2n) is 4.08. The van der Waals surface area contributed by atoms with Crippen molar-refractivity contribution in [3.8, 4) is 5.75 Å². The second kappa shape index (κ2) is 5.68. The Kier molecular flexibility index (Phi) is 3.98. The lowest BCUT2D eigenvalue weighted by molar-refractivity contribution is 0.0229. The SMILES string of the molecule is COc1ccc(C(=O)OC2CCNCC2)cc1. The molecule has 1 heterocycles. The van der Waals surface area contributed by atoms with Crippen LogP contribution in [0.2, 0.25) is 0 Å². The van der Waals surface area contributed by atoms with Gasteiger partial charge < -0.3 is 14.8 Å². The minimum Gasteiger partial charge on any atom is -0.497 e. The number of methoxy groups -OCH3 is 1. The summed E-state index contributed by atoms with van der Waals surface area (Å²) in [5.74, 6) is 0.489. The minimum absolute atomic E-state index is 0.0471. The Hall–Kier alpha value is -1.55. The van der Waals surface area contributed by atoms with Gasteiger partial charge in [-0.05, 0) is 50.2 Å². The Balaban J connectivity index is 1.93. The van der Waals surface area contributed by atoms with Gasteiger partial charge in [0, 0.05) is 0 Å². The third kappa shape index (κ3) is 3.20. The molecule has 1 aliphatic rings. The van der Waals surface area contributed by atoms with Crippen LogP contribution in [0.5, 0.6) is 5.75 Å². The molecular formula is C13H17NO3. The van der Waals surface area contributed by atoms with Gasteiger partial charge >= 0.3 is 5.97 Å². The van der Waals surface area contributed by atoms with Gasteiger partial charge in [-0.25, -0.2) is 4.79 Å². The Morgan fingerprint density at radius 2 is 1.88 bits per heavy atom. The van der Waals surface area contributed by atoms with E-state index in [4.69, 9.17) is 9.47 Å². The summed E-state index contributed by atoms with van der Waals surface area (Å²) in [6.45, 7) is 1.83. The molecule has 0 bridgehead atoms. The lowest BCUT2D eigenvalue weighted by Crippen LogP contribution is -2.33. The highest BCUT2D eigenvalue weighted by Gasteiger charge is 2.18. The molecule has 4 nitrogen and oxygen atoms in total. The highest BCUT2D eigenvalue weighted by atomic mass is 16.5. The number of ether oxygens (including phenoxy) is 2. The molecule has 92 valence electrons. The summed E-state index contributed by atoms with van der Waals surface area (Å²) < 4.78 is 10.5. The molecule has 1 aromatic rings. The number of carbonyl (C=O) groups excluding carboxylic acids is 1. The second-order valence-corrected chi connectivity index (χ2v) is 4.08. The molecule has 0 aliphatic carbocycles. The Morgan fingerprint density at radius 1 is 1.24 bits per heavy atom. The summed E-state index contributed by atoms with van der Waals surface area (Å²) in [6, 6.07) is 6.97. The Labute approximate surface area is 101 Å². The quantitative estimate of drug-likeness (QED) is 0.808. The number of rotatable bonds is 3. The van der Waals surface area contributed by atoms with Crippen LogP contribution in [0.15, 0.2) is 24.3 Å². The van der Waals surface area contributed by atoms with Gasteiger partial charge in [0.1, 0.15) is 11.9 Å². The Morgan fingerprint density at radius 3 is 2.47 bits per heavy atom. The average Bonchev–Trinajstić information content (AvgIpc) is 2.40. The normalized spacial score (nSPS) is 16.5. The van der Waals surface area contributed by atoms with Crippen molar-refractivity contribution < 1.29 is 14.3 Å².